The molecule has 7 nitrogen and oxygen atoms in total. The summed E-state index contributed by atoms with van der Waals surface area (Å²) in [6.45, 7) is 5.23. The number of anilines is 2. The fraction of sp³-hybridized carbons (Fsp3) is 0.318. The van der Waals surface area contributed by atoms with E-state index >= 15 is 0 Å². The molecule has 0 saturated carbocycles. The fourth-order valence-corrected chi connectivity index (χ4v) is 4.11. The molecule has 0 unspecified atom stereocenters. The summed E-state index contributed by atoms with van der Waals surface area (Å²) in [5.74, 6) is 1.53. The van der Waals surface area contributed by atoms with E-state index in [0.29, 0.717) is 31.1 Å². The highest BCUT2D eigenvalue weighted by atomic mass is 32.1. The van der Waals surface area contributed by atoms with E-state index in [1.807, 2.05) is 54.3 Å². The molecule has 0 spiro atoms. The molecule has 4 rings (SSSR count). The predicted octanol–water partition coefficient (Wildman–Crippen LogP) is 3.88. The number of amides is 2. The molecule has 1 fully saturated rings. The standard InChI is InChI=1S/C22H25N5O2S/c1-2-29-19-11-7-6-10-18(19)23-21(28)26-12-14-27(15-13-26)22-24-20(25-30-22)16-17-8-4-3-5-9-17/h3-11H,2,12-16H2,1H3,(H,23,28). The van der Waals surface area contributed by atoms with Gasteiger partial charge in [-0.1, -0.05) is 42.5 Å². The van der Waals surface area contributed by atoms with E-state index in [-0.39, 0.29) is 6.03 Å². The SMILES string of the molecule is CCOc1ccccc1NC(=O)N1CCN(c2nc(Cc3ccccc3)ns2)CC1. The molecule has 1 aliphatic heterocycles. The van der Waals surface area contributed by atoms with Crippen LogP contribution in [0.4, 0.5) is 15.6 Å². The summed E-state index contributed by atoms with van der Waals surface area (Å²) >= 11 is 1.42. The summed E-state index contributed by atoms with van der Waals surface area (Å²) in [5, 5.41) is 3.89. The lowest BCUT2D eigenvalue weighted by Crippen LogP contribution is -2.50. The van der Waals surface area contributed by atoms with Crippen LogP contribution in [0.25, 0.3) is 0 Å². The van der Waals surface area contributed by atoms with Crippen LogP contribution < -0.4 is 15.0 Å². The van der Waals surface area contributed by atoms with Gasteiger partial charge in [0.05, 0.1) is 12.3 Å². The fourth-order valence-electron chi connectivity index (χ4n) is 3.37. The number of aromatic nitrogens is 2. The molecule has 2 heterocycles. The van der Waals surface area contributed by atoms with E-state index in [1.54, 1.807) is 0 Å². The number of carbonyl (C=O) groups excluding carboxylic acids is 1. The summed E-state index contributed by atoms with van der Waals surface area (Å²) in [4.78, 5) is 21.4. The molecule has 8 heteroatoms. The lowest BCUT2D eigenvalue weighted by molar-refractivity contribution is 0.208. The molecule has 1 aliphatic rings. The van der Waals surface area contributed by atoms with Gasteiger partial charge < -0.3 is 19.9 Å². The number of piperazine rings is 1. The minimum absolute atomic E-state index is 0.108. The van der Waals surface area contributed by atoms with E-state index < -0.39 is 0 Å². The molecule has 0 radical (unpaired) electrons. The van der Waals surface area contributed by atoms with Gasteiger partial charge in [0, 0.05) is 44.1 Å². The molecule has 30 heavy (non-hydrogen) atoms. The van der Waals surface area contributed by atoms with E-state index in [2.05, 4.69) is 26.7 Å². The van der Waals surface area contributed by atoms with Gasteiger partial charge in [0.1, 0.15) is 11.6 Å². The van der Waals surface area contributed by atoms with E-state index in [9.17, 15) is 4.79 Å². The summed E-state index contributed by atoms with van der Waals surface area (Å²) in [6.07, 6.45) is 0.735. The van der Waals surface area contributed by atoms with Crippen LogP contribution in [-0.2, 0) is 6.42 Å². The van der Waals surface area contributed by atoms with Crippen LogP contribution >= 0.6 is 11.5 Å². The van der Waals surface area contributed by atoms with Gasteiger partial charge in [0.15, 0.2) is 0 Å². The second kappa shape index (κ2) is 9.58. The quantitative estimate of drug-likeness (QED) is 0.652. The van der Waals surface area contributed by atoms with Crippen molar-refractivity contribution < 1.29 is 9.53 Å². The molecule has 1 saturated heterocycles. The van der Waals surface area contributed by atoms with Crippen LogP contribution in [0.5, 0.6) is 5.75 Å². The Kier molecular flexibility index (Phi) is 6.44. The number of para-hydroxylation sites is 2. The number of nitrogens with zero attached hydrogens (tertiary/aromatic N) is 4. The Balaban J connectivity index is 1.31. The normalized spacial score (nSPS) is 13.9. The number of ether oxygens (including phenoxy) is 1. The topological polar surface area (TPSA) is 70.6 Å². The third-order valence-electron chi connectivity index (χ3n) is 4.93. The second-order valence-corrected chi connectivity index (χ2v) is 7.72. The van der Waals surface area contributed by atoms with Crippen LogP contribution in [0, 0.1) is 0 Å². The average Bonchev–Trinajstić information content (AvgIpc) is 3.24. The Labute approximate surface area is 180 Å². The summed E-state index contributed by atoms with van der Waals surface area (Å²) in [5.41, 5.74) is 1.90. The maximum absolute atomic E-state index is 12.7. The van der Waals surface area contributed by atoms with Crippen LogP contribution in [0.3, 0.4) is 0 Å². The van der Waals surface area contributed by atoms with Crippen LogP contribution in [-0.4, -0.2) is 53.1 Å². The van der Waals surface area contributed by atoms with Crippen molar-refractivity contribution in [2.75, 3.05) is 43.0 Å². The molecule has 1 aromatic heterocycles. The van der Waals surface area contributed by atoms with Crippen molar-refractivity contribution in [2.45, 2.75) is 13.3 Å². The maximum Gasteiger partial charge on any atom is 0.322 e. The first-order chi connectivity index (χ1) is 14.7. The zero-order valence-electron chi connectivity index (χ0n) is 17.0. The highest BCUT2D eigenvalue weighted by molar-refractivity contribution is 7.09. The largest absolute Gasteiger partial charge is 0.492 e. The van der Waals surface area contributed by atoms with Crippen molar-refractivity contribution in [1.82, 2.24) is 14.3 Å². The third-order valence-corrected chi connectivity index (χ3v) is 5.74. The van der Waals surface area contributed by atoms with Crippen LogP contribution in [0.15, 0.2) is 54.6 Å². The van der Waals surface area contributed by atoms with Gasteiger partial charge in [0.25, 0.3) is 0 Å². The first-order valence-electron chi connectivity index (χ1n) is 10.1. The molecule has 2 amide bonds. The van der Waals surface area contributed by atoms with Crippen molar-refractivity contribution >= 4 is 28.4 Å². The number of rotatable bonds is 6. The highest BCUT2D eigenvalue weighted by Crippen LogP contribution is 2.25. The predicted molar refractivity (Wildman–Crippen MR) is 120 cm³/mol. The molecular formula is C22H25N5O2S. The van der Waals surface area contributed by atoms with Gasteiger partial charge in [-0.15, -0.1) is 0 Å². The monoisotopic (exact) mass is 423 g/mol. The lowest BCUT2D eigenvalue weighted by atomic mass is 10.1. The Morgan fingerprint density at radius 3 is 2.57 bits per heavy atom. The smallest absolute Gasteiger partial charge is 0.322 e. The van der Waals surface area contributed by atoms with E-state index in [4.69, 9.17) is 9.72 Å². The lowest BCUT2D eigenvalue weighted by Gasteiger charge is -2.34. The van der Waals surface area contributed by atoms with Crippen molar-refractivity contribution in [1.29, 1.82) is 0 Å². The Bertz CT molecular complexity index is 970. The maximum atomic E-state index is 12.7. The van der Waals surface area contributed by atoms with Crippen LogP contribution in [0.1, 0.15) is 18.3 Å². The molecule has 3 aromatic rings. The van der Waals surface area contributed by atoms with E-state index in [1.165, 1.54) is 17.1 Å². The highest BCUT2D eigenvalue weighted by Gasteiger charge is 2.24. The molecular weight excluding hydrogens is 398 g/mol. The Hall–Kier alpha value is -3.13. The Morgan fingerprint density at radius 1 is 1.07 bits per heavy atom. The van der Waals surface area contributed by atoms with Gasteiger partial charge in [0.2, 0.25) is 5.13 Å². The number of benzene rings is 2. The zero-order valence-corrected chi connectivity index (χ0v) is 17.8. The number of hydrogen-bond acceptors (Lipinski definition) is 6. The summed E-state index contributed by atoms with van der Waals surface area (Å²) < 4.78 is 10.1. The first kappa shape index (κ1) is 20.2. The van der Waals surface area contributed by atoms with Crippen molar-refractivity contribution in [3.05, 3.63) is 66.0 Å². The van der Waals surface area contributed by atoms with Crippen molar-refractivity contribution in [3.8, 4) is 5.75 Å². The molecule has 0 atom stereocenters. The second-order valence-electron chi connectivity index (χ2n) is 6.99. The van der Waals surface area contributed by atoms with Gasteiger partial charge in [-0.2, -0.15) is 4.37 Å². The van der Waals surface area contributed by atoms with Crippen molar-refractivity contribution in [2.24, 2.45) is 0 Å². The Morgan fingerprint density at radius 2 is 1.80 bits per heavy atom. The third kappa shape index (κ3) is 4.88. The number of nitrogens with one attached hydrogen (secondary N) is 1. The molecule has 156 valence electrons. The number of urea groups is 1. The van der Waals surface area contributed by atoms with Gasteiger partial charge in [-0.25, -0.2) is 9.78 Å². The summed E-state index contributed by atoms with van der Waals surface area (Å²) in [6, 6.07) is 17.6. The zero-order chi connectivity index (χ0) is 20.8. The number of hydrogen-bond donors (Lipinski definition) is 1. The average molecular weight is 424 g/mol. The number of carbonyl (C=O) groups is 1. The molecule has 0 bridgehead atoms. The van der Waals surface area contributed by atoms with Gasteiger partial charge in [-0.05, 0) is 24.6 Å². The summed E-state index contributed by atoms with van der Waals surface area (Å²) in [7, 11) is 0. The van der Waals surface area contributed by atoms with Crippen LogP contribution in [0.2, 0.25) is 0 Å². The van der Waals surface area contributed by atoms with E-state index in [0.717, 1.165) is 30.5 Å². The minimum Gasteiger partial charge on any atom is -0.492 e. The van der Waals surface area contributed by atoms with Gasteiger partial charge in [-0.3, -0.25) is 0 Å². The molecule has 2 aromatic carbocycles. The first-order valence-corrected chi connectivity index (χ1v) is 10.9. The van der Waals surface area contributed by atoms with Gasteiger partial charge >= 0.3 is 6.03 Å². The van der Waals surface area contributed by atoms with Crippen molar-refractivity contribution in [3.63, 3.8) is 0 Å². The minimum atomic E-state index is -0.108. The molecule has 1 N–H and O–H groups in total. The molecule has 0 aliphatic carbocycles.